The number of carbonyl (C=O) groups is 1. The summed E-state index contributed by atoms with van der Waals surface area (Å²) in [6, 6.07) is 1.52. The normalized spacial score (nSPS) is 12.5. The van der Waals surface area contributed by atoms with Gasteiger partial charge in [0.15, 0.2) is 0 Å². The lowest BCUT2D eigenvalue weighted by Crippen LogP contribution is -2.31. The van der Waals surface area contributed by atoms with E-state index in [-0.39, 0.29) is 12.5 Å². The van der Waals surface area contributed by atoms with Crippen LogP contribution >= 0.6 is 34.5 Å². The number of aliphatic hydroxyl groups excluding tert-OH is 1. The Labute approximate surface area is 108 Å². The van der Waals surface area contributed by atoms with Gasteiger partial charge in [-0.05, 0) is 12.5 Å². The van der Waals surface area contributed by atoms with Gasteiger partial charge in [0.1, 0.15) is 4.34 Å². The van der Waals surface area contributed by atoms with Gasteiger partial charge in [-0.1, -0.05) is 36.5 Å². The Kier molecular flexibility index (Phi) is 5.55. The molecule has 0 aromatic carbocycles. The van der Waals surface area contributed by atoms with Crippen molar-refractivity contribution >= 4 is 40.4 Å². The van der Waals surface area contributed by atoms with Crippen LogP contribution in [0.5, 0.6) is 0 Å². The predicted octanol–water partition coefficient (Wildman–Crippen LogP) is 2.95. The smallest absolute Gasteiger partial charge is 0.253 e. The fourth-order valence-electron chi connectivity index (χ4n) is 1.24. The molecular weight excluding hydrogens is 269 g/mol. The van der Waals surface area contributed by atoms with Gasteiger partial charge in [0.25, 0.3) is 5.91 Å². The molecule has 1 atom stereocenters. The van der Waals surface area contributed by atoms with Crippen molar-refractivity contribution < 1.29 is 9.90 Å². The lowest BCUT2D eigenvalue weighted by Gasteiger charge is -2.10. The molecule has 6 heteroatoms. The van der Waals surface area contributed by atoms with Gasteiger partial charge in [-0.15, -0.1) is 11.3 Å². The number of hydrogen-bond donors (Lipinski definition) is 2. The van der Waals surface area contributed by atoms with Crippen molar-refractivity contribution in [3.8, 4) is 0 Å². The third kappa shape index (κ3) is 3.94. The van der Waals surface area contributed by atoms with Gasteiger partial charge < -0.3 is 10.4 Å². The second-order valence-electron chi connectivity index (χ2n) is 3.39. The average Bonchev–Trinajstić information content (AvgIpc) is 2.55. The SMILES string of the molecule is CCCC(O)CNC(=O)c1cc(Cl)sc1Cl. The highest BCUT2D eigenvalue weighted by Crippen LogP contribution is 2.30. The van der Waals surface area contributed by atoms with Crippen LogP contribution in [0.4, 0.5) is 0 Å². The number of thiophene rings is 1. The highest BCUT2D eigenvalue weighted by molar-refractivity contribution is 7.20. The zero-order valence-corrected chi connectivity index (χ0v) is 11.1. The fourth-order valence-corrected chi connectivity index (χ4v) is 2.69. The van der Waals surface area contributed by atoms with Gasteiger partial charge in [0.2, 0.25) is 0 Å². The number of carbonyl (C=O) groups excluding carboxylic acids is 1. The zero-order valence-electron chi connectivity index (χ0n) is 8.80. The molecule has 0 saturated heterocycles. The van der Waals surface area contributed by atoms with Gasteiger partial charge in [-0.25, -0.2) is 0 Å². The zero-order chi connectivity index (χ0) is 12.1. The molecule has 90 valence electrons. The van der Waals surface area contributed by atoms with Crippen LogP contribution in [0.2, 0.25) is 8.67 Å². The number of halogens is 2. The summed E-state index contributed by atoms with van der Waals surface area (Å²) >= 11 is 12.7. The minimum absolute atomic E-state index is 0.233. The molecule has 1 rings (SSSR count). The first-order chi connectivity index (χ1) is 7.54. The van der Waals surface area contributed by atoms with Crippen LogP contribution in [-0.2, 0) is 0 Å². The maximum atomic E-state index is 11.6. The van der Waals surface area contributed by atoms with Gasteiger partial charge in [0.05, 0.1) is 16.0 Å². The lowest BCUT2D eigenvalue weighted by atomic mass is 10.2. The summed E-state index contributed by atoms with van der Waals surface area (Å²) in [4.78, 5) is 11.6. The van der Waals surface area contributed by atoms with E-state index in [1.807, 2.05) is 6.92 Å². The predicted molar refractivity (Wildman–Crippen MR) is 67.6 cm³/mol. The fraction of sp³-hybridized carbons (Fsp3) is 0.500. The molecule has 1 aromatic heterocycles. The maximum absolute atomic E-state index is 11.6. The van der Waals surface area contributed by atoms with E-state index in [2.05, 4.69) is 5.32 Å². The molecule has 1 unspecified atom stereocenters. The summed E-state index contributed by atoms with van der Waals surface area (Å²) < 4.78 is 0.844. The lowest BCUT2D eigenvalue weighted by molar-refractivity contribution is 0.0910. The Morgan fingerprint density at radius 1 is 1.62 bits per heavy atom. The molecule has 1 heterocycles. The Morgan fingerprint density at radius 2 is 2.31 bits per heavy atom. The quantitative estimate of drug-likeness (QED) is 0.872. The van der Waals surface area contributed by atoms with E-state index < -0.39 is 6.10 Å². The van der Waals surface area contributed by atoms with E-state index in [9.17, 15) is 9.90 Å². The second kappa shape index (κ2) is 6.45. The van der Waals surface area contributed by atoms with Gasteiger partial charge in [-0.2, -0.15) is 0 Å². The minimum atomic E-state index is -0.512. The summed E-state index contributed by atoms with van der Waals surface area (Å²) in [7, 11) is 0. The summed E-state index contributed by atoms with van der Waals surface area (Å²) in [5.41, 5.74) is 0.361. The van der Waals surface area contributed by atoms with Crippen LogP contribution in [0.15, 0.2) is 6.07 Å². The van der Waals surface area contributed by atoms with Crippen LogP contribution in [0.1, 0.15) is 30.1 Å². The molecular formula is C10H13Cl2NO2S. The topological polar surface area (TPSA) is 49.3 Å². The first-order valence-electron chi connectivity index (χ1n) is 4.95. The summed E-state index contributed by atoms with van der Waals surface area (Å²) in [5, 5.41) is 12.1. The minimum Gasteiger partial charge on any atom is -0.391 e. The Hall–Kier alpha value is -0.290. The number of aliphatic hydroxyl groups is 1. The van der Waals surface area contributed by atoms with Crippen molar-refractivity contribution in [3.63, 3.8) is 0 Å². The number of nitrogens with one attached hydrogen (secondary N) is 1. The van der Waals surface area contributed by atoms with Crippen LogP contribution in [0.25, 0.3) is 0 Å². The van der Waals surface area contributed by atoms with Crippen LogP contribution in [0, 0.1) is 0 Å². The molecule has 0 saturated carbocycles. The third-order valence-corrected chi connectivity index (χ3v) is 3.51. The molecule has 0 bridgehead atoms. The highest BCUT2D eigenvalue weighted by Gasteiger charge is 2.14. The summed E-state index contributed by atoms with van der Waals surface area (Å²) in [6.45, 7) is 2.21. The van der Waals surface area contributed by atoms with Crippen molar-refractivity contribution in [2.75, 3.05) is 6.54 Å². The molecule has 0 radical (unpaired) electrons. The molecule has 0 aliphatic rings. The van der Waals surface area contributed by atoms with E-state index in [1.54, 1.807) is 0 Å². The van der Waals surface area contributed by atoms with Crippen molar-refractivity contribution in [2.45, 2.75) is 25.9 Å². The number of hydrogen-bond acceptors (Lipinski definition) is 3. The van der Waals surface area contributed by atoms with E-state index in [0.717, 1.165) is 17.8 Å². The van der Waals surface area contributed by atoms with Crippen LogP contribution < -0.4 is 5.32 Å². The Morgan fingerprint density at radius 3 is 2.81 bits per heavy atom. The molecule has 16 heavy (non-hydrogen) atoms. The Bertz CT molecular complexity index is 368. The summed E-state index contributed by atoms with van der Waals surface area (Å²) in [5.74, 6) is -0.302. The molecule has 0 spiro atoms. The second-order valence-corrected chi connectivity index (χ2v) is 5.68. The van der Waals surface area contributed by atoms with Crippen LogP contribution in [-0.4, -0.2) is 23.7 Å². The molecule has 0 fully saturated rings. The van der Waals surface area contributed by atoms with Crippen molar-refractivity contribution in [1.82, 2.24) is 5.32 Å². The largest absolute Gasteiger partial charge is 0.391 e. The number of rotatable bonds is 5. The van der Waals surface area contributed by atoms with E-state index >= 15 is 0 Å². The van der Waals surface area contributed by atoms with Crippen LogP contribution in [0.3, 0.4) is 0 Å². The average molecular weight is 282 g/mol. The van der Waals surface area contributed by atoms with Gasteiger partial charge in [0, 0.05) is 6.54 Å². The van der Waals surface area contributed by atoms with Crippen molar-refractivity contribution in [1.29, 1.82) is 0 Å². The number of amides is 1. The van der Waals surface area contributed by atoms with Gasteiger partial charge in [-0.3, -0.25) is 4.79 Å². The first-order valence-corrected chi connectivity index (χ1v) is 6.53. The van der Waals surface area contributed by atoms with Gasteiger partial charge >= 0.3 is 0 Å². The summed E-state index contributed by atoms with van der Waals surface area (Å²) in [6.07, 6.45) is 1.03. The molecule has 1 aromatic rings. The standard InChI is InChI=1S/C10H13Cl2NO2S/c1-2-3-6(14)5-13-10(15)7-4-8(11)16-9(7)12/h4,6,14H,2-3,5H2,1H3,(H,13,15). The molecule has 1 amide bonds. The molecule has 2 N–H and O–H groups in total. The van der Waals surface area contributed by atoms with E-state index in [4.69, 9.17) is 23.2 Å². The Balaban J connectivity index is 2.50. The van der Waals surface area contributed by atoms with E-state index in [0.29, 0.717) is 20.7 Å². The third-order valence-electron chi connectivity index (χ3n) is 2.02. The van der Waals surface area contributed by atoms with Crippen molar-refractivity contribution in [2.24, 2.45) is 0 Å². The molecule has 0 aliphatic heterocycles. The highest BCUT2D eigenvalue weighted by atomic mass is 35.5. The molecule has 0 aliphatic carbocycles. The van der Waals surface area contributed by atoms with E-state index in [1.165, 1.54) is 6.07 Å². The monoisotopic (exact) mass is 281 g/mol. The molecule has 3 nitrogen and oxygen atoms in total. The van der Waals surface area contributed by atoms with Crippen molar-refractivity contribution in [3.05, 3.63) is 20.3 Å². The first kappa shape index (κ1) is 13.8. The maximum Gasteiger partial charge on any atom is 0.253 e.